The van der Waals surface area contributed by atoms with Gasteiger partial charge in [-0.25, -0.2) is 9.97 Å². The first-order chi connectivity index (χ1) is 21.3. The van der Waals surface area contributed by atoms with Gasteiger partial charge in [0.2, 0.25) is 0 Å². The molecule has 3 aromatic heterocycles. The minimum atomic E-state index is 0.730. The van der Waals surface area contributed by atoms with Gasteiger partial charge in [0.05, 0.1) is 0 Å². The lowest BCUT2D eigenvalue weighted by molar-refractivity contribution is 0.575. The molecule has 0 N–H and O–H groups in total. The summed E-state index contributed by atoms with van der Waals surface area (Å²) >= 11 is 1.85. The third-order valence-electron chi connectivity index (χ3n) is 8.32. The average Bonchev–Trinajstić information content (AvgIpc) is 3.55. The lowest BCUT2D eigenvalue weighted by atomic mass is 9.99. The molecule has 0 spiro atoms. The predicted molar refractivity (Wildman–Crippen MR) is 181 cm³/mol. The van der Waals surface area contributed by atoms with Gasteiger partial charge in [0.15, 0.2) is 5.58 Å². The van der Waals surface area contributed by atoms with Crippen LogP contribution in [0.1, 0.15) is 19.8 Å². The maximum absolute atomic E-state index is 6.49. The first kappa shape index (κ1) is 25.6. The highest BCUT2D eigenvalue weighted by molar-refractivity contribution is 7.26. The van der Waals surface area contributed by atoms with Crippen molar-refractivity contribution in [2.24, 2.45) is 0 Å². The molecule has 7 aromatic rings. The summed E-state index contributed by atoms with van der Waals surface area (Å²) in [5, 5.41) is 6.17. The van der Waals surface area contributed by atoms with E-state index in [0.717, 1.165) is 45.8 Å². The molecule has 0 atom stereocenters. The molecular weight excluding hydrogens is 545 g/mol. The van der Waals surface area contributed by atoms with Gasteiger partial charge in [0.25, 0.3) is 0 Å². The molecule has 1 aliphatic rings. The van der Waals surface area contributed by atoms with Gasteiger partial charge in [-0.1, -0.05) is 109 Å². The third kappa shape index (κ3) is 4.52. The largest absolute Gasteiger partial charge is 0.452 e. The molecule has 0 unspecified atom stereocenters. The quantitative estimate of drug-likeness (QED) is 0.219. The molecule has 0 bridgehead atoms. The molecule has 3 heterocycles. The van der Waals surface area contributed by atoms with Crippen LogP contribution >= 0.6 is 11.3 Å². The summed E-state index contributed by atoms with van der Waals surface area (Å²) in [7, 11) is 0. The van der Waals surface area contributed by atoms with Gasteiger partial charge in [0.1, 0.15) is 23.0 Å². The molecule has 1 aliphatic carbocycles. The molecule has 0 amide bonds. The molecule has 0 aliphatic heterocycles. The third-order valence-corrected chi connectivity index (χ3v) is 9.54. The molecule has 206 valence electrons. The van der Waals surface area contributed by atoms with E-state index in [9.17, 15) is 0 Å². The fraction of sp³-hybridized carbons (Fsp3) is 0.0769. The topological polar surface area (TPSA) is 38.9 Å². The van der Waals surface area contributed by atoms with Crippen LogP contribution < -0.4 is 21.1 Å². The molecule has 4 aromatic carbocycles. The average molecular weight is 573 g/mol. The number of aromatic nitrogens is 2. The maximum atomic E-state index is 6.49. The van der Waals surface area contributed by atoms with Crippen LogP contribution in [0.2, 0.25) is 0 Å². The Balaban J connectivity index is 1.19. The Morgan fingerprint density at radius 3 is 2.56 bits per heavy atom. The predicted octanol–water partition coefficient (Wildman–Crippen LogP) is 7.49. The van der Waals surface area contributed by atoms with Crippen molar-refractivity contribution in [1.82, 2.24) is 9.97 Å². The van der Waals surface area contributed by atoms with E-state index in [4.69, 9.17) is 9.40 Å². The Morgan fingerprint density at radius 1 is 0.814 bits per heavy atom. The fourth-order valence-corrected chi connectivity index (χ4v) is 7.36. The zero-order valence-electron chi connectivity index (χ0n) is 23.7. The Labute approximate surface area is 252 Å². The van der Waals surface area contributed by atoms with Crippen molar-refractivity contribution < 1.29 is 4.42 Å². The van der Waals surface area contributed by atoms with E-state index in [2.05, 4.69) is 133 Å². The first-order valence-corrected chi connectivity index (χ1v) is 15.4. The van der Waals surface area contributed by atoms with E-state index in [0.29, 0.717) is 0 Å². The smallest absolute Gasteiger partial charge is 0.180 e. The van der Waals surface area contributed by atoms with Gasteiger partial charge < -0.3 is 4.42 Å². The number of rotatable bonds is 4. The molecule has 0 fully saturated rings. The summed E-state index contributed by atoms with van der Waals surface area (Å²) in [6, 6.07) is 32.4. The summed E-state index contributed by atoms with van der Waals surface area (Å²) in [4.78, 5) is 9.40. The second-order valence-corrected chi connectivity index (χ2v) is 11.9. The van der Waals surface area contributed by atoms with Gasteiger partial charge in [-0.2, -0.15) is 0 Å². The number of nitrogens with zero attached hydrogens (tertiary/aromatic N) is 2. The number of thiophene rings is 1. The minimum Gasteiger partial charge on any atom is -0.452 e. The lowest BCUT2D eigenvalue weighted by Gasteiger charge is -2.07. The van der Waals surface area contributed by atoms with Crippen LogP contribution in [0, 0.1) is 0 Å². The van der Waals surface area contributed by atoms with Crippen LogP contribution in [-0.4, -0.2) is 9.97 Å². The standard InChI is InChI=1S/C39H28N2OS/c1-2-26-9-3-4-10-27(26)20-17-25-18-21-33-34(22-19-25)42-38-36(40-24-41-37(33)38)29-12-7-11-28(23-29)30-14-8-15-32-31-13-5-6-16-35(31)43-39(30)32/h2-16,19-24H,17-18H2,1H3/b26-2-,27-20-. The minimum absolute atomic E-state index is 0.730. The Morgan fingerprint density at radius 2 is 1.63 bits per heavy atom. The second kappa shape index (κ2) is 10.6. The van der Waals surface area contributed by atoms with Crippen molar-refractivity contribution in [2.75, 3.05) is 0 Å². The number of fused-ring (bicyclic) bond motifs is 6. The number of hydrogen-bond acceptors (Lipinski definition) is 4. The molecule has 8 rings (SSSR count). The van der Waals surface area contributed by atoms with E-state index in [-0.39, 0.29) is 0 Å². The Kier molecular flexibility index (Phi) is 6.35. The molecule has 0 saturated heterocycles. The molecule has 43 heavy (non-hydrogen) atoms. The lowest BCUT2D eigenvalue weighted by Crippen LogP contribution is -2.23. The summed E-state index contributed by atoms with van der Waals surface area (Å²) in [6.07, 6.45) is 14.4. The van der Waals surface area contributed by atoms with Crippen molar-refractivity contribution in [3.05, 3.63) is 130 Å². The number of furan rings is 1. The summed E-state index contributed by atoms with van der Waals surface area (Å²) in [5.74, 6) is 0. The van der Waals surface area contributed by atoms with Crippen LogP contribution in [0.15, 0.2) is 113 Å². The molecule has 3 nitrogen and oxygen atoms in total. The highest BCUT2D eigenvalue weighted by Gasteiger charge is 2.16. The van der Waals surface area contributed by atoms with Crippen molar-refractivity contribution in [3.63, 3.8) is 0 Å². The second-order valence-electron chi connectivity index (χ2n) is 10.9. The SMILES string of the molecule is C/C=c1/cccc/c1=C/CC1=CC=c2oc3c(-c4cccc(-c5cccc6c5sc5ccccc56)c4)ncnc3c2=CC1. The number of allylic oxidation sites excluding steroid dienone is 2. The van der Waals surface area contributed by atoms with Gasteiger partial charge in [-0.05, 0) is 59.5 Å². The number of benzene rings is 4. The van der Waals surface area contributed by atoms with E-state index in [1.165, 1.54) is 47.3 Å². The Bertz CT molecular complexity index is 2480. The highest BCUT2D eigenvalue weighted by Crippen LogP contribution is 2.40. The van der Waals surface area contributed by atoms with E-state index < -0.39 is 0 Å². The van der Waals surface area contributed by atoms with Crippen molar-refractivity contribution in [3.8, 4) is 22.4 Å². The molecule has 4 heteroatoms. The maximum Gasteiger partial charge on any atom is 0.180 e. The van der Waals surface area contributed by atoms with Crippen LogP contribution in [-0.2, 0) is 0 Å². The van der Waals surface area contributed by atoms with E-state index in [1.54, 1.807) is 6.33 Å². The summed E-state index contributed by atoms with van der Waals surface area (Å²) in [6.45, 7) is 2.08. The van der Waals surface area contributed by atoms with E-state index >= 15 is 0 Å². The van der Waals surface area contributed by atoms with Gasteiger partial charge in [-0.3, -0.25) is 0 Å². The first-order valence-electron chi connectivity index (χ1n) is 14.6. The van der Waals surface area contributed by atoms with Crippen LogP contribution in [0.25, 0.3) is 78.0 Å². The zero-order valence-corrected chi connectivity index (χ0v) is 24.6. The van der Waals surface area contributed by atoms with E-state index in [1.807, 2.05) is 11.3 Å². The normalized spacial score (nSPS) is 14.0. The fourth-order valence-electron chi connectivity index (χ4n) is 6.13. The van der Waals surface area contributed by atoms with Crippen LogP contribution in [0.4, 0.5) is 0 Å². The van der Waals surface area contributed by atoms with Crippen molar-refractivity contribution in [2.45, 2.75) is 19.8 Å². The van der Waals surface area contributed by atoms with Crippen molar-refractivity contribution >= 4 is 66.9 Å². The highest BCUT2D eigenvalue weighted by atomic mass is 32.1. The van der Waals surface area contributed by atoms with Gasteiger partial charge in [0, 0.05) is 31.0 Å². The monoisotopic (exact) mass is 572 g/mol. The molecular formula is C39H28N2OS. The zero-order chi connectivity index (χ0) is 28.8. The van der Waals surface area contributed by atoms with Crippen LogP contribution in [0.5, 0.6) is 0 Å². The van der Waals surface area contributed by atoms with Crippen LogP contribution in [0.3, 0.4) is 0 Å². The van der Waals surface area contributed by atoms with Crippen molar-refractivity contribution in [1.29, 1.82) is 0 Å². The molecule has 0 saturated carbocycles. The summed E-state index contributed by atoms with van der Waals surface area (Å²) in [5.41, 5.74) is 7.99. The van der Waals surface area contributed by atoms with Gasteiger partial charge >= 0.3 is 0 Å². The molecule has 0 radical (unpaired) electrons. The number of hydrogen-bond donors (Lipinski definition) is 0. The summed E-state index contributed by atoms with van der Waals surface area (Å²) < 4.78 is 9.10. The Hall–Kier alpha value is -5.06. The van der Waals surface area contributed by atoms with Gasteiger partial charge in [-0.15, -0.1) is 11.3 Å².